The van der Waals surface area contributed by atoms with Gasteiger partial charge in [-0.25, -0.2) is 4.39 Å². The van der Waals surface area contributed by atoms with Crippen molar-refractivity contribution in [3.05, 3.63) is 58.8 Å². The van der Waals surface area contributed by atoms with Crippen molar-refractivity contribution in [3.63, 3.8) is 0 Å². The molecule has 8 nitrogen and oxygen atoms in total. The van der Waals surface area contributed by atoms with E-state index in [-0.39, 0.29) is 17.8 Å². The van der Waals surface area contributed by atoms with E-state index in [4.69, 9.17) is 14.2 Å². The summed E-state index contributed by atoms with van der Waals surface area (Å²) in [6.45, 7) is 0.473. The molecule has 0 aromatic heterocycles. The molecule has 1 N–H and O–H groups in total. The lowest BCUT2D eigenvalue weighted by Gasteiger charge is -2.12. The maximum absolute atomic E-state index is 13.0. The van der Waals surface area contributed by atoms with Crippen LogP contribution in [0.3, 0.4) is 0 Å². The molecule has 0 aliphatic carbocycles. The highest BCUT2D eigenvalue weighted by atomic mass is 32.2. The molecular weight excluding hydrogens is 451 g/mol. The minimum absolute atomic E-state index is 0.284. The summed E-state index contributed by atoms with van der Waals surface area (Å²) in [4.78, 5) is 38.3. The number of carbonyl (C=O) groups excluding carboxylic acids is 3. The Hall–Kier alpha value is -3.37. The van der Waals surface area contributed by atoms with Crippen molar-refractivity contribution in [2.75, 3.05) is 39.3 Å². The van der Waals surface area contributed by atoms with Gasteiger partial charge in [0.25, 0.3) is 17.1 Å². The number of nitrogens with one attached hydrogen (secondary N) is 1. The Morgan fingerprint density at radius 3 is 2.58 bits per heavy atom. The van der Waals surface area contributed by atoms with E-state index in [1.807, 2.05) is 0 Å². The molecule has 0 saturated carbocycles. The second-order valence-electron chi connectivity index (χ2n) is 6.93. The Balaban J connectivity index is 1.63. The van der Waals surface area contributed by atoms with Crippen molar-refractivity contribution in [2.24, 2.45) is 0 Å². The van der Waals surface area contributed by atoms with Crippen molar-refractivity contribution >= 4 is 40.6 Å². The fourth-order valence-corrected chi connectivity index (χ4v) is 3.84. The van der Waals surface area contributed by atoms with Crippen molar-refractivity contribution in [1.82, 2.24) is 4.90 Å². The average molecular weight is 475 g/mol. The van der Waals surface area contributed by atoms with Crippen LogP contribution in [0.4, 0.5) is 14.9 Å². The third-order valence-electron chi connectivity index (χ3n) is 4.58. The third kappa shape index (κ3) is 6.56. The number of nitrogens with zero attached hydrogens (tertiary/aromatic N) is 1. The van der Waals surface area contributed by atoms with Crippen molar-refractivity contribution in [1.29, 1.82) is 0 Å². The minimum atomic E-state index is -0.421. The molecule has 174 valence electrons. The molecule has 0 radical (unpaired) electrons. The molecule has 1 heterocycles. The molecule has 1 aliphatic rings. The zero-order valence-electron chi connectivity index (χ0n) is 18.1. The second-order valence-corrected chi connectivity index (χ2v) is 7.93. The van der Waals surface area contributed by atoms with Gasteiger partial charge in [-0.05, 0) is 66.2 Å². The highest BCUT2D eigenvalue weighted by molar-refractivity contribution is 8.18. The Morgan fingerprint density at radius 2 is 1.88 bits per heavy atom. The molecule has 0 bridgehead atoms. The fraction of sp³-hybridized carbons (Fsp3) is 0.261. The van der Waals surface area contributed by atoms with Gasteiger partial charge in [0, 0.05) is 25.9 Å². The van der Waals surface area contributed by atoms with Gasteiger partial charge in [-0.1, -0.05) is 6.07 Å². The van der Waals surface area contributed by atoms with E-state index < -0.39 is 11.7 Å². The summed E-state index contributed by atoms with van der Waals surface area (Å²) >= 11 is 0.877. The molecule has 2 aromatic rings. The number of rotatable bonds is 10. The number of carbonyl (C=O) groups is 3. The van der Waals surface area contributed by atoms with Crippen molar-refractivity contribution in [3.8, 4) is 11.5 Å². The summed E-state index contributed by atoms with van der Waals surface area (Å²) in [6, 6.07) is 10.3. The van der Waals surface area contributed by atoms with Crippen LogP contribution < -0.4 is 14.8 Å². The molecule has 1 saturated heterocycles. The molecule has 0 spiro atoms. The summed E-state index contributed by atoms with van der Waals surface area (Å²) < 4.78 is 28.8. The van der Waals surface area contributed by atoms with E-state index in [2.05, 4.69) is 5.32 Å². The van der Waals surface area contributed by atoms with E-state index >= 15 is 0 Å². The van der Waals surface area contributed by atoms with Gasteiger partial charge in [0.05, 0.1) is 12.0 Å². The topological polar surface area (TPSA) is 94.2 Å². The van der Waals surface area contributed by atoms with E-state index in [1.54, 1.807) is 31.4 Å². The highest BCUT2D eigenvalue weighted by Gasteiger charge is 2.34. The molecule has 33 heavy (non-hydrogen) atoms. The average Bonchev–Trinajstić information content (AvgIpc) is 3.07. The monoisotopic (exact) mass is 474 g/mol. The normalized spacial score (nSPS) is 14.6. The molecule has 0 unspecified atom stereocenters. The Bertz CT molecular complexity index is 1060. The molecular formula is C23H23FN2O6S. The number of halogens is 1. The lowest BCUT2D eigenvalue weighted by Crippen LogP contribution is -2.29. The molecule has 3 rings (SSSR count). The number of ether oxygens (including phenoxy) is 3. The number of imide groups is 1. The minimum Gasteiger partial charge on any atom is -0.493 e. The lowest BCUT2D eigenvalue weighted by molar-refractivity contribution is -0.123. The highest BCUT2D eigenvalue weighted by Crippen LogP contribution is 2.34. The summed E-state index contributed by atoms with van der Waals surface area (Å²) in [5, 5.41) is 2.28. The number of methoxy groups -OCH3 is 2. The van der Waals surface area contributed by atoms with Crippen molar-refractivity contribution in [2.45, 2.75) is 6.42 Å². The van der Waals surface area contributed by atoms with Gasteiger partial charge in [0.15, 0.2) is 18.1 Å². The standard InChI is InChI=1S/C23H23FN2O6S/c1-30-11-3-10-26-22(28)20(33-23(26)29)13-15-4-9-18(19(12-15)31-2)32-14-21(27)25-17-7-5-16(24)6-8-17/h4-9,12-13H,3,10-11,14H2,1-2H3,(H,25,27)/b20-13+. The summed E-state index contributed by atoms with van der Waals surface area (Å²) in [5.74, 6) is -0.480. The first-order valence-corrected chi connectivity index (χ1v) is 10.8. The predicted octanol–water partition coefficient (Wildman–Crippen LogP) is 3.92. The van der Waals surface area contributed by atoms with E-state index in [9.17, 15) is 18.8 Å². The maximum atomic E-state index is 13.0. The van der Waals surface area contributed by atoms with Crippen molar-refractivity contribution < 1.29 is 33.0 Å². The van der Waals surface area contributed by atoms with Crippen LogP contribution in [0.2, 0.25) is 0 Å². The molecule has 10 heteroatoms. The molecule has 1 aliphatic heterocycles. The number of amides is 3. The molecule has 3 amide bonds. The Kier molecular flexibility index (Phi) is 8.45. The van der Waals surface area contributed by atoms with Crippen LogP contribution in [-0.2, 0) is 14.3 Å². The third-order valence-corrected chi connectivity index (χ3v) is 5.48. The fourth-order valence-electron chi connectivity index (χ4n) is 2.98. The van der Waals surface area contributed by atoms with Crippen LogP contribution in [0.5, 0.6) is 11.5 Å². The van der Waals surface area contributed by atoms with Gasteiger partial charge in [-0.2, -0.15) is 0 Å². The van der Waals surface area contributed by atoms with Gasteiger partial charge in [-0.3, -0.25) is 19.3 Å². The van der Waals surface area contributed by atoms with Crippen LogP contribution in [0.15, 0.2) is 47.4 Å². The zero-order valence-corrected chi connectivity index (χ0v) is 18.9. The van der Waals surface area contributed by atoms with E-state index in [0.717, 1.165) is 11.8 Å². The van der Waals surface area contributed by atoms with E-state index in [1.165, 1.54) is 36.3 Å². The van der Waals surface area contributed by atoms with Gasteiger partial charge in [0.2, 0.25) is 0 Å². The quantitative estimate of drug-likeness (QED) is 0.412. The maximum Gasteiger partial charge on any atom is 0.293 e. The molecule has 0 atom stereocenters. The Labute approximate surface area is 194 Å². The number of hydrogen-bond donors (Lipinski definition) is 1. The Morgan fingerprint density at radius 1 is 1.12 bits per heavy atom. The van der Waals surface area contributed by atoms with Crippen LogP contribution in [0, 0.1) is 5.82 Å². The first-order valence-electron chi connectivity index (χ1n) is 10.0. The first-order chi connectivity index (χ1) is 15.9. The summed E-state index contributed by atoms with van der Waals surface area (Å²) in [5.41, 5.74) is 1.08. The van der Waals surface area contributed by atoms with Gasteiger partial charge in [-0.15, -0.1) is 0 Å². The van der Waals surface area contributed by atoms with Crippen LogP contribution in [0.1, 0.15) is 12.0 Å². The predicted molar refractivity (Wildman–Crippen MR) is 123 cm³/mol. The van der Waals surface area contributed by atoms with Crippen LogP contribution >= 0.6 is 11.8 Å². The second kappa shape index (κ2) is 11.5. The van der Waals surface area contributed by atoms with Gasteiger partial charge in [0.1, 0.15) is 5.82 Å². The number of thioether (sulfide) groups is 1. The summed E-state index contributed by atoms with van der Waals surface area (Å²) in [6.07, 6.45) is 2.17. The number of hydrogen-bond acceptors (Lipinski definition) is 7. The SMILES string of the molecule is COCCCN1C(=O)S/C(=C/c2ccc(OCC(=O)Nc3ccc(F)cc3)c(OC)c2)C1=O. The zero-order chi connectivity index (χ0) is 23.8. The largest absolute Gasteiger partial charge is 0.493 e. The molecule has 1 fully saturated rings. The lowest BCUT2D eigenvalue weighted by atomic mass is 10.2. The van der Waals surface area contributed by atoms with E-state index in [0.29, 0.717) is 47.2 Å². The first kappa shape index (κ1) is 24.3. The molecule has 2 aromatic carbocycles. The van der Waals surface area contributed by atoms with Gasteiger partial charge < -0.3 is 19.5 Å². The summed E-state index contributed by atoms with van der Waals surface area (Å²) in [7, 11) is 3.01. The number of anilines is 1. The number of benzene rings is 2. The van der Waals surface area contributed by atoms with Gasteiger partial charge >= 0.3 is 0 Å². The smallest absolute Gasteiger partial charge is 0.293 e. The van der Waals surface area contributed by atoms with Crippen LogP contribution in [-0.4, -0.2) is 55.9 Å². The van der Waals surface area contributed by atoms with Crippen LogP contribution in [0.25, 0.3) is 6.08 Å².